The molecule has 1 atom stereocenters. The molecule has 1 fully saturated rings. The molecule has 1 N–H and O–H groups in total. The normalized spacial score (nSPS) is 16.8. The maximum absolute atomic E-state index is 12.5. The second-order valence-corrected chi connectivity index (χ2v) is 5.53. The molecule has 1 aliphatic heterocycles. The van der Waals surface area contributed by atoms with Gasteiger partial charge in [0.05, 0.1) is 12.3 Å². The molecule has 7 heteroatoms. The van der Waals surface area contributed by atoms with Gasteiger partial charge in [-0.15, -0.1) is 0 Å². The van der Waals surface area contributed by atoms with Crippen molar-refractivity contribution in [1.29, 1.82) is 0 Å². The van der Waals surface area contributed by atoms with Crippen molar-refractivity contribution in [3.05, 3.63) is 35.8 Å². The van der Waals surface area contributed by atoms with Gasteiger partial charge in [-0.05, 0) is 44.6 Å². The van der Waals surface area contributed by atoms with Crippen molar-refractivity contribution >= 4 is 6.03 Å². The molecular formula is C15H21F2N3O2. The van der Waals surface area contributed by atoms with E-state index in [-0.39, 0.29) is 30.5 Å². The molecule has 0 aromatic carbocycles. The van der Waals surface area contributed by atoms with Crippen LogP contribution in [0.2, 0.25) is 0 Å². The summed E-state index contributed by atoms with van der Waals surface area (Å²) in [6.07, 6.45) is 0.471. The summed E-state index contributed by atoms with van der Waals surface area (Å²) in [6.45, 7) is 1.05. The first-order chi connectivity index (χ1) is 10.5. The molecule has 0 saturated carbocycles. The van der Waals surface area contributed by atoms with E-state index in [0.29, 0.717) is 19.6 Å². The number of urea groups is 1. The zero-order chi connectivity index (χ0) is 16.1. The summed E-state index contributed by atoms with van der Waals surface area (Å²) in [7, 11) is 3.81. The summed E-state index contributed by atoms with van der Waals surface area (Å²) in [4.78, 5) is 15.7. The molecular weight excluding hydrogens is 292 g/mol. The summed E-state index contributed by atoms with van der Waals surface area (Å²) in [5, 5.41) is 2.85. The Hall–Kier alpha value is -1.89. The largest absolute Gasteiger partial charge is 0.468 e. The molecule has 2 rings (SSSR count). The monoisotopic (exact) mass is 313 g/mol. The Bertz CT molecular complexity index is 515. The first-order valence-electron chi connectivity index (χ1n) is 7.24. The van der Waals surface area contributed by atoms with E-state index in [4.69, 9.17) is 4.42 Å². The third-order valence-electron chi connectivity index (χ3n) is 3.86. The highest BCUT2D eigenvalue weighted by Gasteiger charge is 2.23. The number of piperidine rings is 1. The summed E-state index contributed by atoms with van der Waals surface area (Å²) < 4.78 is 30.4. The van der Waals surface area contributed by atoms with Gasteiger partial charge in [-0.1, -0.05) is 0 Å². The number of likely N-dealkylation sites (tertiary alicyclic amines) is 1. The van der Waals surface area contributed by atoms with E-state index in [9.17, 15) is 13.6 Å². The van der Waals surface area contributed by atoms with Gasteiger partial charge in [0.15, 0.2) is 0 Å². The molecule has 1 saturated heterocycles. The number of hydrogen-bond acceptors (Lipinski definition) is 3. The van der Waals surface area contributed by atoms with E-state index >= 15 is 0 Å². The number of likely N-dealkylation sites (N-methyl/N-ethyl adjacent to an activating group) is 1. The van der Waals surface area contributed by atoms with Gasteiger partial charge in [0.2, 0.25) is 0 Å². The highest BCUT2D eigenvalue weighted by atomic mass is 19.3. The lowest BCUT2D eigenvalue weighted by atomic mass is 10.1. The lowest BCUT2D eigenvalue weighted by Crippen LogP contribution is -2.45. The fraction of sp³-hybridized carbons (Fsp3) is 0.533. The molecule has 5 nitrogen and oxygen atoms in total. The van der Waals surface area contributed by atoms with Gasteiger partial charge in [-0.2, -0.15) is 8.78 Å². The third kappa shape index (κ3) is 4.07. The van der Waals surface area contributed by atoms with Gasteiger partial charge in [-0.25, -0.2) is 4.79 Å². The van der Waals surface area contributed by atoms with Crippen molar-refractivity contribution in [3.63, 3.8) is 0 Å². The number of halogens is 2. The van der Waals surface area contributed by atoms with E-state index in [1.54, 1.807) is 17.2 Å². The van der Waals surface area contributed by atoms with Gasteiger partial charge in [-0.3, -0.25) is 4.90 Å². The molecule has 0 aliphatic carbocycles. The van der Waals surface area contributed by atoms with Crippen LogP contribution in [0.4, 0.5) is 13.6 Å². The minimum atomic E-state index is -1.61. The third-order valence-corrected chi connectivity index (χ3v) is 3.86. The fourth-order valence-electron chi connectivity index (χ4n) is 2.48. The standard InChI is InChI=1S/C15H21F2N3O2/c1-19(2)12(13-4-3-9-22-13)10-18-15(21)20-7-5-11(6-8-20)14(16)17/h3-4,9,12H,5-8,10H2,1-2H3,(H,18,21). The Balaban J connectivity index is 1.86. The van der Waals surface area contributed by atoms with Crippen LogP contribution in [-0.2, 0) is 0 Å². The molecule has 0 bridgehead atoms. The van der Waals surface area contributed by atoms with E-state index in [2.05, 4.69) is 5.32 Å². The van der Waals surface area contributed by atoms with E-state index in [1.165, 1.54) is 0 Å². The number of hydrogen-bond donors (Lipinski definition) is 1. The summed E-state index contributed by atoms with van der Waals surface area (Å²) in [5.41, 5.74) is 0.158. The van der Waals surface area contributed by atoms with Crippen LogP contribution in [-0.4, -0.2) is 49.6 Å². The lowest BCUT2D eigenvalue weighted by Gasteiger charge is -2.29. The maximum Gasteiger partial charge on any atom is 0.317 e. The molecule has 1 unspecified atom stereocenters. The predicted molar refractivity (Wildman–Crippen MR) is 78.6 cm³/mol. The van der Waals surface area contributed by atoms with Crippen LogP contribution in [0.25, 0.3) is 0 Å². The molecule has 0 radical (unpaired) electrons. The van der Waals surface area contributed by atoms with E-state index < -0.39 is 6.08 Å². The minimum absolute atomic E-state index is 0.0671. The summed E-state index contributed by atoms with van der Waals surface area (Å²) >= 11 is 0. The fourth-order valence-corrected chi connectivity index (χ4v) is 2.48. The number of rotatable bonds is 4. The Kier molecular flexibility index (Phi) is 5.54. The number of amides is 2. The van der Waals surface area contributed by atoms with Gasteiger partial charge in [0, 0.05) is 19.6 Å². The Morgan fingerprint density at radius 2 is 2.09 bits per heavy atom. The topological polar surface area (TPSA) is 48.7 Å². The van der Waals surface area contributed by atoms with Crippen molar-refractivity contribution < 1.29 is 18.0 Å². The van der Waals surface area contributed by atoms with Crippen LogP contribution in [0.1, 0.15) is 24.6 Å². The first kappa shape index (κ1) is 16.5. The van der Waals surface area contributed by atoms with Gasteiger partial charge in [0.25, 0.3) is 6.08 Å². The number of carbonyl (C=O) groups excluding carboxylic acids is 1. The SMILES string of the molecule is CN(C)C(CNC(=O)N1CCC(=C(F)F)CC1)c1ccco1. The van der Waals surface area contributed by atoms with Crippen molar-refractivity contribution in [1.82, 2.24) is 15.1 Å². The van der Waals surface area contributed by atoms with Gasteiger partial charge >= 0.3 is 6.03 Å². The number of carbonyl (C=O) groups is 1. The predicted octanol–water partition coefficient (Wildman–Crippen LogP) is 2.84. The lowest BCUT2D eigenvalue weighted by molar-refractivity contribution is 0.184. The van der Waals surface area contributed by atoms with Gasteiger partial charge in [0.1, 0.15) is 5.76 Å². The van der Waals surface area contributed by atoms with Crippen molar-refractivity contribution in [2.45, 2.75) is 18.9 Å². The Morgan fingerprint density at radius 1 is 1.41 bits per heavy atom. The van der Waals surface area contributed by atoms with E-state index in [0.717, 1.165) is 5.76 Å². The van der Waals surface area contributed by atoms with Crippen LogP contribution in [0.15, 0.2) is 34.5 Å². The molecule has 1 aromatic rings. The maximum atomic E-state index is 12.5. The summed E-state index contributed by atoms with van der Waals surface area (Å²) in [5.74, 6) is 0.772. The van der Waals surface area contributed by atoms with Crippen LogP contribution in [0, 0.1) is 0 Å². The quantitative estimate of drug-likeness (QED) is 0.930. The highest BCUT2D eigenvalue weighted by Crippen LogP contribution is 2.22. The van der Waals surface area contributed by atoms with Crippen molar-refractivity contribution in [2.75, 3.05) is 33.7 Å². The molecule has 122 valence electrons. The van der Waals surface area contributed by atoms with Crippen LogP contribution in [0.3, 0.4) is 0 Å². The molecule has 22 heavy (non-hydrogen) atoms. The van der Waals surface area contributed by atoms with E-state index in [1.807, 2.05) is 25.1 Å². The zero-order valence-corrected chi connectivity index (χ0v) is 12.8. The zero-order valence-electron chi connectivity index (χ0n) is 12.8. The summed E-state index contributed by atoms with van der Waals surface area (Å²) in [6, 6.07) is 3.37. The number of nitrogens with zero attached hydrogens (tertiary/aromatic N) is 2. The van der Waals surface area contributed by atoms with Crippen molar-refractivity contribution in [2.24, 2.45) is 0 Å². The molecule has 0 spiro atoms. The van der Waals surface area contributed by atoms with Crippen molar-refractivity contribution in [3.8, 4) is 0 Å². The minimum Gasteiger partial charge on any atom is -0.468 e. The Morgan fingerprint density at radius 3 is 2.59 bits per heavy atom. The molecule has 2 heterocycles. The van der Waals surface area contributed by atoms with Crippen LogP contribution >= 0.6 is 0 Å². The smallest absolute Gasteiger partial charge is 0.317 e. The van der Waals surface area contributed by atoms with Crippen LogP contribution < -0.4 is 5.32 Å². The number of nitrogens with one attached hydrogen (secondary N) is 1. The van der Waals surface area contributed by atoms with Gasteiger partial charge < -0.3 is 14.6 Å². The van der Waals surface area contributed by atoms with Crippen LogP contribution in [0.5, 0.6) is 0 Å². The molecule has 1 aromatic heterocycles. The second kappa shape index (κ2) is 7.40. The molecule has 1 aliphatic rings. The average molecular weight is 313 g/mol. The highest BCUT2D eigenvalue weighted by molar-refractivity contribution is 5.74. The first-order valence-corrected chi connectivity index (χ1v) is 7.24. The number of furan rings is 1. The Labute approximate surface area is 128 Å². The molecule has 2 amide bonds. The second-order valence-electron chi connectivity index (χ2n) is 5.53. The average Bonchev–Trinajstić information content (AvgIpc) is 3.01.